The fraction of sp³-hybridized carbons (Fsp3) is 0.611. The minimum Gasteiger partial charge on any atom is -0.366 e. The van der Waals surface area contributed by atoms with Crippen molar-refractivity contribution in [3.8, 4) is 0 Å². The van der Waals surface area contributed by atoms with E-state index in [9.17, 15) is 9.18 Å². The molecule has 0 aromatic heterocycles. The average Bonchev–Trinajstić information content (AvgIpc) is 2.75. The van der Waals surface area contributed by atoms with E-state index in [0.29, 0.717) is 19.0 Å². The number of hydrogen-bond donors (Lipinski definition) is 1. The van der Waals surface area contributed by atoms with Crippen molar-refractivity contribution in [1.82, 2.24) is 10.2 Å². The number of benzene rings is 1. The van der Waals surface area contributed by atoms with E-state index in [2.05, 4.69) is 24.1 Å². The summed E-state index contributed by atoms with van der Waals surface area (Å²) in [7, 11) is 0. The van der Waals surface area contributed by atoms with Crippen LogP contribution < -0.4 is 10.2 Å². The quantitative estimate of drug-likeness (QED) is 0.909. The van der Waals surface area contributed by atoms with Gasteiger partial charge in [-0.1, -0.05) is 13.8 Å². The van der Waals surface area contributed by atoms with Gasteiger partial charge in [-0.25, -0.2) is 9.18 Å². The highest BCUT2D eigenvalue weighted by molar-refractivity contribution is 5.74. The summed E-state index contributed by atoms with van der Waals surface area (Å²) in [6.07, 6.45) is 1.12. The van der Waals surface area contributed by atoms with Crippen LogP contribution in [0.25, 0.3) is 0 Å². The third kappa shape index (κ3) is 3.14. The zero-order valence-corrected chi connectivity index (χ0v) is 14.2. The number of hydrogen-bond acceptors (Lipinski definition) is 2. The van der Waals surface area contributed by atoms with E-state index in [-0.39, 0.29) is 23.3 Å². The maximum absolute atomic E-state index is 13.2. The number of carbonyl (C=O) groups is 1. The van der Waals surface area contributed by atoms with Gasteiger partial charge in [0.1, 0.15) is 5.82 Å². The van der Waals surface area contributed by atoms with Gasteiger partial charge in [-0.2, -0.15) is 0 Å². The highest BCUT2D eigenvalue weighted by Crippen LogP contribution is 2.43. The number of carbonyl (C=O) groups excluding carboxylic acids is 1. The molecule has 3 heterocycles. The van der Waals surface area contributed by atoms with Crippen LogP contribution in [0.5, 0.6) is 0 Å². The molecule has 4 nitrogen and oxygen atoms in total. The Morgan fingerprint density at radius 3 is 2.61 bits per heavy atom. The Morgan fingerprint density at radius 1 is 1.26 bits per heavy atom. The maximum atomic E-state index is 13.2. The first-order chi connectivity index (χ1) is 10.9. The van der Waals surface area contributed by atoms with Crippen molar-refractivity contribution in [3.05, 3.63) is 30.1 Å². The first kappa shape index (κ1) is 16.1. The summed E-state index contributed by atoms with van der Waals surface area (Å²) in [4.78, 5) is 16.6. The molecule has 2 amide bonds. The van der Waals surface area contributed by atoms with Gasteiger partial charge in [0.15, 0.2) is 0 Å². The molecule has 0 radical (unpaired) electrons. The van der Waals surface area contributed by atoms with Crippen molar-refractivity contribution in [3.63, 3.8) is 0 Å². The summed E-state index contributed by atoms with van der Waals surface area (Å²) in [6.45, 7) is 9.59. The van der Waals surface area contributed by atoms with Crippen LogP contribution in [0.1, 0.15) is 27.2 Å². The second-order valence-corrected chi connectivity index (χ2v) is 7.44. The molecule has 3 aliphatic heterocycles. The molecule has 4 rings (SSSR count). The van der Waals surface area contributed by atoms with Crippen molar-refractivity contribution in [2.24, 2.45) is 11.3 Å². The summed E-state index contributed by atoms with van der Waals surface area (Å²) in [5.41, 5.74) is 1.17. The van der Waals surface area contributed by atoms with Gasteiger partial charge in [-0.05, 0) is 48.9 Å². The number of fused-ring (bicyclic) bond motifs is 4. The van der Waals surface area contributed by atoms with Gasteiger partial charge < -0.3 is 15.1 Å². The van der Waals surface area contributed by atoms with Crippen LogP contribution in [-0.4, -0.2) is 43.2 Å². The molecule has 1 N–H and O–H groups in total. The molecular formula is C18H26FN3O. The molecule has 1 aromatic carbocycles. The smallest absolute Gasteiger partial charge is 0.317 e. The first-order valence-electron chi connectivity index (χ1n) is 8.45. The maximum Gasteiger partial charge on any atom is 0.317 e. The Bertz CT molecular complexity index is 572. The lowest BCUT2D eigenvalue weighted by atomic mass is 9.73. The number of rotatable bonds is 2. The molecule has 2 bridgehead atoms. The van der Waals surface area contributed by atoms with Gasteiger partial charge in [-0.15, -0.1) is 0 Å². The summed E-state index contributed by atoms with van der Waals surface area (Å²) in [5.74, 6) is 0.230. The minimum atomic E-state index is -0.211. The van der Waals surface area contributed by atoms with Crippen LogP contribution in [0.15, 0.2) is 24.3 Å². The summed E-state index contributed by atoms with van der Waals surface area (Å²) in [6, 6.07) is 7.01. The molecule has 2 atom stereocenters. The van der Waals surface area contributed by atoms with E-state index in [1.165, 1.54) is 12.1 Å². The van der Waals surface area contributed by atoms with E-state index in [1.54, 1.807) is 0 Å². The molecule has 2 unspecified atom stereocenters. The van der Waals surface area contributed by atoms with E-state index >= 15 is 0 Å². The van der Waals surface area contributed by atoms with Crippen molar-refractivity contribution < 1.29 is 9.18 Å². The van der Waals surface area contributed by atoms with E-state index < -0.39 is 0 Å². The fourth-order valence-electron chi connectivity index (χ4n) is 4.18. The van der Waals surface area contributed by atoms with Gasteiger partial charge in [-0.3, -0.25) is 0 Å². The second kappa shape index (κ2) is 6.02. The van der Waals surface area contributed by atoms with Crippen LogP contribution in [-0.2, 0) is 0 Å². The van der Waals surface area contributed by atoms with Gasteiger partial charge in [0, 0.05) is 31.9 Å². The third-order valence-electron chi connectivity index (χ3n) is 5.19. The monoisotopic (exact) mass is 319 g/mol. The van der Waals surface area contributed by atoms with Crippen molar-refractivity contribution in [1.29, 1.82) is 0 Å². The molecule has 3 fully saturated rings. The van der Waals surface area contributed by atoms with Crippen LogP contribution >= 0.6 is 0 Å². The fourth-order valence-corrected chi connectivity index (χ4v) is 4.18. The van der Waals surface area contributed by atoms with Crippen molar-refractivity contribution in [2.75, 3.05) is 31.1 Å². The normalized spacial score (nSPS) is 26.1. The third-order valence-corrected chi connectivity index (χ3v) is 5.19. The van der Waals surface area contributed by atoms with Gasteiger partial charge in [0.2, 0.25) is 0 Å². The van der Waals surface area contributed by atoms with Crippen LogP contribution in [0.4, 0.5) is 14.9 Å². The van der Waals surface area contributed by atoms with Gasteiger partial charge in [0.25, 0.3) is 0 Å². The molecule has 0 aliphatic carbocycles. The SMILES string of the molecule is CCNC(=O)N1CC2CN(c3ccc(F)cc3)C(C1)C(C)(C)C2. The summed E-state index contributed by atoms with van der Waals surface area (Å²) >= 11 is 0. The number of urea groups is 1. The standard InChI is InChI=1S/C18H26FN3O/c1-4-20-17(23)21-10-13-9-18(2,3)16(12-21)22(11-13)15-7-5-14(19)6-8-15/h5-8,13,16H,4,9-12H2,1-3H3,(H,20,23). The molecule has 5 heteroatoms. The van der Waals surface area contributed by atoms with Gasteiger partial charge >= 0.3 is 6.03 Å². The zero-order valence-electron chi connectivity index (χ0n) is 14.2. The van der Waals surface area contributed by atoms with Gasteiger partial charge in [0.05, 0.1) is 6.04 Å². The van der Waals surface area contributed by atoms with Crippen molar-refractivity contribution in [2.45, 2.75) is 33.2 Å². The lowest BCUT2D eigenvalue weighted by Crippen LogP contribution is -2.54. The molecule has 3 aliphatic rings. The topological polar surface area (TPSA) is 35.6 Å². The van der Waals surface area contributed by atoms with E-state index in [1.807, 2.05) is 24.0 Å². The Hall–Kier alpha value is -1.78. The van der Waals surface area contributed by atoms with Crippen LogP contribution in [0, 0.1) is 17.2 Å². The Labute approximate surface area is 137 Å². The van der Waals surface area contributed by atoms with Crippen LogP contribution in [0.2, 0.25) is 0 Å². The Kier molecular flexibility index (Phi) is 4.21. The molecule has 126 valence electrons. The summed E-state index contributed by atoms with van der Waals surface area (Å²) in [5, 5.41) is 2.92. The van der Waals surface area contributed by atoms with E-state index in [0.717, 1.165) is 25.2 Å². The predicted molar refractivity (Wildman–Crippen MR) is 90.1 cm³/mol. The van der Waals surface area contributed by atoms with Crippen LogP contribution in [0.3, 0.4) is 0 Å². The number of halogens is 1. The molecule has 23 heavy (non-hydrogen) atoms. The lowest BCUT2D eigenvalue weighted by Gasteiger charge is -2.48. The highest BCUT2D eigenvalue weighted by atomic mass is 19.1. The highest BCUT2D eigenvalue weighted by Gasteiger charge is 2.46. The number of nitrogens with one attached hydrogen (secondary N) is 1. The number of piperidine rings is 1. The number of anilines is 1. The number of amides is 2. The first-order valence-corrected chi connectivity index (χ1v) is 8.45. The molecule has 3 saturated heterocycles. The predicted octanol–water partition coefficient (Wildman–Crippen LogP) is 3.09. The second-order valence-electron chi connectivity index (χ2n) is 7.44. The molecule has 0 saturated carbocycles. The molecule has 0 spiro atoms. The molecular weight excluding hydrogens is 293 g/mol. The largest absolute Gasteiger partial charge is 0.366 e. The zero-order chi connectivity index (χ0) is 16.6. The summed E-state index contributed by atoms with van der Waals surface area (Å²) < 4.78 is 13.2. The minimum absolute atomic E-state index is 0.0288. The average molecular weight is 319 g/mol. The Morgan fingerprint density at radius 2 is 1.96 bits per heavy atom. The molecule has 1 aromatic rings. The Balaban J connectivity index is 1.89. The van der Waals surface area contributed by atoms with E-state index in [4.69, 9.17) is 0 Å². The van der Waals surface area contributed by atoms with Crippen molar-refractivity contribution >= 4 is 11.7 Å². The lowest BCUT2D eigenvalue weighted by molar-refractivity contribution is 0.187. The number of nitrogens with zero attached hydrogens (tertiary/aromatic N) is 2.